The highest BCUT2D eigenvalue weighted by Gasteiger charge is 2.27. The second-order valence-electron chi connectivity index (χ2n) is 6.53. The SMILES string of the molecule is CCn1cc(C2CC(c3c(O)sc(=O)[nH]c3=O)=Nc3ccccc3N2)c(C)n1. The molecule has 28 heavy (non-hydrogen) atoms. The standard InChI is InChI=1S/C19H19N5O3S/c1-3-24-9-11(10(2)23-24)14-8-15(16-17(25)22-19(27)28-18(16)26)21-13-7-5-4-6-12(13)20-14/h4-7,9,14,20,26H,3,8H2,1-2H3,(H,22,25,27). The third kappa shape index (κ3) is 3.24. The van der Waals surface area contributed by atoms with E-state index in [0.29, 0.717) is 29.2 Å². The number of H-pyrrole nitrogens is 1. The number of para-hydroxylation sites is 2. The zero-order valence-corrected chi connectivity index (χ0v) is 16.2. The van der Waals surface area contributed by atoms with Gasteiger partial charge < -0.3 is 10.4 Å². The number of aliphatic imine (C=N–C) groups is 1. The number of anilines is 1. The Kier molecular flexibility index (Phi) is 4.60. The molecule has 0 fully saturated rings. The van der Waals surface area contributed by atoms with Gasteiger partial charge in [-0.1, -0.05) is 12.1 Å². The number of aryl methyl sites for hydroxylation is 2. The van der Waals surface area contributed by atoms with Crippen LogP contribution < -0.4 is 15.7 Å². The summed E-state index contributed by atoms with van der Waals surface area (Å²) in [6.45, 7) is 4.70. The summed E-state index contributed by atoms with van der Waals surface area (Å²) in [4.78, 5) is 30.2. The van der Waals surface area contributed by atoms with Crippen molar-refractivity contribution < 1.29 is 5.11 Å². The quantitative estimate of drug-likeness (QED) is 0.629. The van der Waals surface area contributed by atoms with Gasteiger partial charge in [0.1, 0.15) is 5.56 Å². The molecule has 3 heterocycles. The summed E-state index contributed by atoms with van der Waals surface area (Å²) < 4.78 is 1.86. The first kappa shape index (κ1) is 18.2. The van der Waals surface area contributed by atoms with E-state index in [0.717, 1.165) is 23.5 Å². The van der Waals surface area contributed by atoms with Crippen LogP contribution in [0, 0.1) is 6.92 Å². The van der Waals surface area contributed by atoms with Gasteiger partial charge in [-0.05, 0) is 37.3 Å². The number of aromatic amines is 1. The molecule has 3 N–H and O–H groups in total. The van der Waals surface area contributed by atoms with Crippen molar-refractivity contribution >= 4 is 28.4 Å². The van der Waals surface area contributed by atoms with E-state index >= 15 is 0 Å². The smallest absolute Gasteiger partial charge is 0.310 e. The number of aromatic nitrogens is 3. The maximum absolute atomic E-state index is 12.4. The lowest BCUT2D eigenvalue weighted by molar-refractivity contribution is 0.487. The van der Waals surface area contributed by atoms with Crippen molar-refractivity contribution in [1.82, 2.24) is 14.8 Å². The summed E-state index contributed by atoms with van der Waals surface area (Å²) in [5.74, 6) is 0. The van der Waals surface area contributed by atoms with Crippen LogP contribution in [0.3, 0.4) is 0 Å². The lowest BCUT2D eigenvalue weighted by Crippen LogP contribution is -2.25. The highest BCUT2D eigenvalue weighted by molar-refractivity contribution is 7.11. The van der Waals surface area contributed by atoms with Crippen LogP contribution in [0.2, 0.25) is 0 Å². The molecule has 9 heteroatoms. The van der Waals surface area contributed by atoms with E-state index in [2.05, 4.69) is 20.4 Å². The second kappa shape index (κ2) is 7.08. The molecule has 144 valence electrons. The van der Waals surface area contributed by atoms with Crippen LogP contribution in [0.1, 0.15) is 36.2 Å². The Morgan fingerprint density at radius 3 is 2.82 bits per heavy atom. The van der Waals surface area contributed by atoms with Crippen molar-refractivity contribution in [2.75, 3.05) is 5.32 Å². The van der Waals surface area contributed by atoms with Crippen LogP contribution in [-0.4, -0.2) is 25.6 Å². The number of benzene rings is 1. The molecule has 1 aliphatic heterocycles. The fourth-order valence-corrected chi connectivity index (χ4v) is 4.00. The molecule has 0 saturated heterocycles. The monoisotopic (exact) mass is 397 g/mol. The Balaban J connectivity index is 1.89. The number of rotatable bonds is 3. The van der Waals surface area contributed by atoms with E-state index in [-0.39, 0.29) is 16.7 Å². The van der Waals surface area contributed by atoms with E-state index in [1.165, 1.54) is 0 Å². The molecular formula is C19H19N5O3S. The number of nitrogens with one attached hydrogen (secondary N) is 2. The van der Waals surface area contributed by atoms with Gasteiger partial charge >= 0.3 is 4.87 Å². The molecule has 0 amide bonds. The predicted octanol–water partition coefficient (Wildman–Crippen LogP) is 2.70. The van der Waals surface area contributed by atoms with E-state index < -0.39 is 10.4 Å². The predicted molar refractivity (Wildman–Crippen MR) is 109 cm³/mol. The Labute approximate surface area is 164 Å². The lowest BCUT2D eigenvalue weighted by atomic mass is 9.99. The van der Waals surface area contributed by atoms with Gasteiger partial charge in [0, 0.05) is 24.7 Å². The average Bonchev–Trinajstić information content (AvgIpc) is 2.91. The number of nitrogens with zero attached hydrogens (tertiary/aromatic N) is 3. The van der Waals surface area contributed by atoms with E-state index in [9.17, 15) is 14.7 Å². The number of fused-ring (bicyclic) bond motifs is 1. The van der Waals surface area contributed by atoms with Crippen molar-refractivity contribution in [3.63, 3.8) is 0 Å². The van der Waals surface area contributed by atoms with Crippen molar-refractivity contribution in [3.05, 3.63) is 67.3 Å². The van der Waals surface area contributed by atoms with Crippen molar-refractivity contribution in [2.24, 2.45) is 4.99 Å². The average molecular weight is 397 g/mol. The molecule has 1 unspecified atom stereocenters. The summed E-state index contributed by atoms with van der Waals surface area (Å²) in [6.07, 6.45) is 2.33. The van der Waals surface area contributed by atoms with E-state index in [4.69, 9.17) is 0 Å². The Hall–Kier alpha value is -3.20. The van der Waals surface area contributed by atoms with Gasteiger partial charge in [-0.2, -0.15) is 5.10 Å². The van der Waals surface area contributed by atoms with Crippen LogP contribution in [0.5, 0.6) is 5.06 Å². The Morgan fingerprint density at radius 1 is 1.32 bits per heavy atom. The molecule has 4 rings (SSSR count). The van der Waals surface area contributed by atoms with E-state index in [1.54, 1.807) is 0 Å². The van der Waals surface area contributed by atoms with Crippen LogP contribution in [0.15, 0.2) is 45.0 Å². The molecule has 0 spiro atoms. The normalized spacial score (nSPS) is 16.1. The summed E-state index contributed by atoms with van der Waals surface area (Å²) in [5, 5.41) is 18.0. The Bertz CT molecular complexity index is 1190. The minimum absolute atomic E-state index is 0.0358. The topological polar surface area (TPSA) is 112 Å². The lowest BCUT2D eigenvalue weighted by Gasteiger charge is -2.18. The third-order valence-electron chi connectivity index (χ3n) is 4.70. The maximum Gasteiger partial charge on any atom is 0.310 e. The number of aromatic hydroxyl groups is 1. The first-order chi connectivity index (χ1) is 13.5. The molecule has 0 saturated carbocycles. The first-order valence-electron chi connectivity index (χ1n) is 8.90. The summed E-state index contributed by atoms with van der Waals surface area (Å²) >= 11 is 0.589. The first-order valence-corrected chi connectivity index (χ1v) is 9.71. The van der Waals surface area contributed by atoms with Crippen LogP contribution in [0.25, 0.3) is 0 Å². The summed E-state index contributed by atoms with van der Waals surface area (Å²) in [6, 6.07) is 7.32. The van der Waals surface area contributed by atoms with Crippen molar-refractivity contribution in [2.45, 2.75) is 32.9 Å². The van der Waals surface area contributed by atoms with Crippen molar-refractivity contribution in [3.8, 4) is 5.06 Å². The van der Waals surface area contributed by atoms with Crippen LogP contribution in [0.4, 0.5) is 11.4 Å². The molecule has 0 radical (unpaired) electrons. The van der Waals surface area contributed by atoms with Gasteiger partial charge in [0.25, 0.3) is 5.56 Å². The fraction of sp³-hybridized carbons (Fsp3) is 0.263. The molecule has 2 aromatic heterocycles. The highest BCUT2D eigenvalue weighted by atomic mass is 32.1. The molecule has 0 aliphatic carbocycles. The zero-order valence-electron chi connectivity index (χ0n) is 15.4. The summed E-state index contributed by atoms with van der Waals surface area (Å²) in [5.41, 5.74) is 3.18. The van der Waals surface area contributed by atoms with Crippen LogP contribution in [-0.2, 0) is 6.54 Å². The second-order valence-corrected chi connectivity index (χ2v) is 7.49. The van der Waals surface area contributed by atoms with Gasteiger partial charge in [0.2, 0.25) is 0 Å². The summed E-state index contributed by atoms with van der Waals surface area (Å²) in [7, 11) is 0. The zero-order chi connectivity index (χ0) is 19.8. The number of hydrogen-bond acceptors (Lipinski definition) is 7. The molecule has 1 atom stereocenters. The number of hydrogen-bond donors (Lipinski definition) is 3. The third-order valence-corrected chi connectivity index (χ3v) is 5.39. The minimum Gasteiger partial charge on any atom is -0.499 e. The minimum atomic E-state index is -0.640. The van der Waals surface area contributed by atoms with Gasteiger partial charge in [-0.3, -0.25) is 24.2 Å². The van der Waals surface area contributed by atoms with E-state index in [1.807, 2.05) is 49.0 Å². The van der Waals surface area contributed by atoms with Gasteiger partial charge in [0.05, 0.1) is 28.8 Å². The van der Waals surface area contributed by atoms with Gasteiger partial charge in [0.15, 0.2) is 5.06 Å². The Morgan fingerprint density at radius 2 is 2.11 bits per heavy atom. The van der Waals surface area contributed by atoms with Gasteiger partial charge in [-0.25, -0.2) is 0 Å². The molecule has 1 aromatic carbocycles. The molecule has 8 nitrogen and oxygen atoms in total. The van der Waals surface area contributed by atoms with Gasteiger partial charge in [-0.15, -0.1) is 0 Å². The molecular weight excluding hydrogens is 378 g/mol. The van der Waals surface area contributed by atoms with Crippen molar-refractivity contribution in [1.29, 1.82) is 0 Å². The maximum atomic E-state index is 12.4. The fourth-order valence-electron chi connectivity index (χ4n) is 3.37. The largest absolute Gasteiger partial charge is 0.499 e. The van der Waals surface area contributed by atoms with Crippen LogP contribution >= 0.6 is 11.3 Å². The molecule has 3 aromatic rings. The highest BCUT2D eigenvalue weighted by Crippen LogP contribution is 2.36. The molecule has 1 aliphatic rings. The molecule has 0 bridgehead atoms.